The van der Waals surface area contributed by atoms with Gasteiger partial charge >= 0.3 is 11.9 Å². The SMILES string of the molecule is C=C(C)[C@@H]1[C@H]2OC(=O)[C@@H]1[C@]1(O)[C@H]3O[C@H]3[C@]3(C[C@](O)([C@H](C)OC)C(=O)O3)[C@]1(C)[C@@H]2O. The second kappa shape index (κ2) is 5.20. The summed E-state index contributed by atoms with van der Waals surface area (Å²) in [7, 11) is 1.36. The minimum Gasteiger partial charge on any atom is -0.459 e. The van der Waals surface area contributed by atoms with Crippen molar-refractivity contribution in [3.05, 3.63) is 12.2 Å². The molecular formula is C20H26O9. The Bertz CT molecular complexity index is 842. The first-order chi connectivity index (χ1) is 13.4. The lowest BCUT2D eigenvalue weighted by Crippen LogP contribution is -2.73. The molecular weight excluding hydrogens is 384 g/mol. The van der Waals surface area contributed by atoms with Gasteiger partial charge in [-0.3, -0.25) is 4.79 Å². The van der Waals surface area contributed by atoms with E-state index in [2.05, 4.69) is 6.58 Å². The predicted octanol–water partition coefficient (Wildman–Crippen LogP) is -0.935. The molecule has 9 heteroatoms. The van der Waals surface area contributed by atoms with Gasteiger partial charge in [-0.05, 0) is 13.8 Å². The number of carbonyl (C=O) groups is 2. The van der Waals surface area contributed by atoms with Gasteiger partial charge in [-0.1, -0.05) is 19.1 Å². The molecule has 2 bridgehead atoms. The molecule has 5 rings (SSSR count). The number of carbonyl (C=O) groups excluding carboxylic acids is 2. The first-order valence-electron chi connectivity index (χ1n) is 9.82. The van der Waals surface area contributed by atoms with E-state index in [4.69, 9.17) is 18.9 Å². The number of hydrogen-bond acceptors (Lipinski definition) is 9. The maximum Gasteiger partial charge on any atom is 0.341 e. The number of epoxide rings is 1. The molecule has 1 spiro atoms. The zero-order valence-corrected chi connectivity index (χ0v) is 16.7. The van der Waals surface area contributed by atoms with Crippen LogP contribution in [-0.4, -0.2) is 81.7 Å². The molecule has 5 fully saturated rings. The van der Waals surface area contributed by atoms with E-state index in [0.717, 1.165) is 0 Å². The maximum atomic E-state index is 12.8. The minimum atomic E-state index is -1.98. The lowest BCUT2D eigenvalue weighted by molar-refractivity contribution is -0.272. The van der Waals surface area contributed by atoms with Crippen LogP contribution in [0.5, 0.6) is 0 Å². The van der Waals surface area contributed by atoms with Gasteiger partial charge in [0.15, 0.2) is 11.2 Å². The maximum absolute atomic E-state index is 12.8. The Morgan fingerprint density at radius 2 is 1.97 bits per heavy atom. The summed E-state index contributed by atoms with van der Waals surface area (Å²) in [6.45, 7) is 8.76. The zero-order valence-electron chi connectivity index (χ0n) is 16.7. The van der Waals surface area contributed by atoms with E-state index in [1.165, 1.54) is 7.11 Å². The summed E-state index contributed by atoms with van der Waals surface area (Å²) in [5, 5.41) is 34.5. The Kier molecular flexibility index (Phi) is 3.49. The molecule has 3 saturated heterocycles. The molecule has 5 aliphatic rings. The summed E-state index contributed by atoms with van der Waals surface area (Å²) in [6, 6.07) is 0. The molecule has 160 valence electrons. The van der Waals surface area contributed by atoms with Crippen LogP contribution in [0.15, 0.2) is 12.2 Å². The molecule has 0 unspecified atom stereocenters. The average Bonchev–Trinajstić information content (AvgIpc) is 3.30. The zero-order chi connectivity index (χ0) is 21.3. The monoisotopic (exact) mass is 410 g/mol. The summed E-state index contributed by atoms with van der Waals surface area (Å²) >= 11 is 0. The van der Waals surface area contributed by atoms with Gasteiger partial charge in [-0.15, -0.1) is 0 Å². The van der Waals surface area contributed by atoms with Crippen LogP contribution >= 0.6 is 0 Å². The third-order valence-electron chi connectivity index (χ3n) is 8.45. The van der Waals surface area contributed by atoms with Crippen molar-refractivity contribution >= 4 is 11.9 Å². The third-order valence-corrected chi connectivity index (χ3v) is 8.45. The molecule has 29 heavy (non-hydrogen) atoms. The van der Waals surface area contributed by atoms with Crippen molar-refractivity contribution in [2.45, 2.75) is 74.5 Å². The smallest absolute Gasteiger partial charge is 0.341 e. The largest absolute Gasteiger partial charge is 0.459 e. The van der Waals surface area contributed by atoms with Gasteiger partial charge in [-0.25, -0.2) is 4.79 Å². The minimum absolute atomic E-state index is 0.240. The van der Waals surface area contributed by atoms with Gasteiger partial charge in [0.2, 0.25) is 0 Å². The fourth-order valence-electron chi connectivity index (χ4n) is 6.66. The number of hydrogen-bond donors (Lipinski definition) is 3. The third kappa shape index (κ3) is 1.74. The highest BCUT2D eigenvalue weighted by molar-refractivity contribution is 5.85. The van der Waals surface area contributed by atoms with Crippen LogP contribution in [0.3, 0.4) is 0 Å². The van der Waals surface area contributed by atoms with Crippen LogP contribution in [0.1, 0.15) is 27.2 Å². The number of ether oxygens (including phenoxy) is 4. The van der Waals surface area contributed by atoms with Crippen molar-refractivity contribution in [3.63, 3.8) is 0 Å². The van der Waals surface area contributed by atoms with Crippen molar-refractivity contribution in [2.75, 3.05) is 7.11 Å². The fraction of sp³-hybridized carbons (Fsp3) is 0.800. The molecule has 3 N–H and O–H groups in total. The van der Waals surface area contributed by atoms with Crippen LogP contribution in [0.25, 0.3) is 0 Å². The Morgan fingerprint density at radius 1 is 1.31 bits per heavy atom. The highest BCUT2D eigenvalue weighted by Crippen LogP contribution is 2.75. The summed E-state index contributed by atoms with van der Waals surface area (Å²) in [6.07, 6.45) is -5.02. The van der Waals surface area contributed by atoms with E-state index >= 15 is 0 Å². The molecule has 0 aromatic heterocycles. The summed E-state index contributed by atoms with van der Waals surface area (Å²) in [5.74, 6) is -3.14. The van der Waals surface area contributed by atoms with Crippen molar-refractivity contribution in [1.82, 2.24) is 0 Å². The van der Waals surface area contributed by atoms with Crippen LogP contribution in [0, 0.1) is 17.3 Å². The quantitative estimate of drug-likeness (QED) is 0.306. The second-order valence-electron chi connectivity index (χ2n) is 9.46. The average molecular weight is 410 g/mol. The lowest BCUT2D eigenvalue weighted by Gasteiger charge is -2.57. The highest BCUT2D eigenvalue weighted by Gasteiger charge is 2.94. The van der Waals surface area contributed by atoms with E-state index in [1.807, 2.05) is 0 Å². The number of esters is 2. The Hall–Kier alpha value is -1.52. The topological polar surface area (TPSA) is 135 Å². The van der Waals surface area contributed by atoms with E-state index < -0.39 is 76.5 Å². The summed E-state index contributed by atoms with van der Waals surface area (Å²) < 4.78 is 22.1. The summed E-state index contributed by atoms with van der Waals surface area (Å²) in [5.41, 5.74) is -6.27. The van der Waals surface area contributed by atoms with E-state index in [0.29, 0.717) is 5.57 Å². The van der Waals surface area contributed by atoms with Crippen molar-refractivity contribution in [1.29, 1.82) is 0 Å². The molecule has 2 aliphatic carbocycles. The molecule has 3 aliphatic heterocycles. The van der Waals surface area contributed by atoms with E-state index in [1.54, 1.807) is 20.8 Å². The van der Waals surface area contributed by atoms with Crippen LogP contribution < -0.4 is 0 Å². The Morgan fingerprint density at radius 3 is 2.55 bits per heavy atom. The van der Waals surface area contributed by atoms with Crippen LogP contribution in [0.2, 0.25) is 0 Å². The van der Waals surface area contributed by atoms with Gasteiger partial charge < -0.3 is 34.3 Å². The standard InChI is InChI=1S/C20H26O9/c1-7(2)9-10-15(22)27-11(9)12(21)17(4)19(13-14(28-13)20(10,17)25)6-18(24,8(3)26-5)16(23)29-19/h8-14,21,24-25H,1,6H2,2-5H3/t8-,9-,10+,11+,12+,13+,14-,17-,18-,19+,20-/m0/s1. The number of aliphatic hydroxyl groups excluding tert-OH is 1. The Balaban J connectivity index is 1.68. The number of methoxy groups -OCH3 is 1. The number of aliphatic hydroxyl groups is 3. The van der Waals surface area contributed by atoms with Gasteiger partial charge in [0, 0.05) is 19.4 Å². The predicted molar refractivity (Wildman–Crippen MR) is 94.3 cm³/mol. The molecule has 0 aromatic rings. The Labute approximate surface area is 167 Å². The highest BCUT2D eigenvalue weighted by atomic mass is 16.7. The normalized spacial score (nSPS) is 57.9. The first-order valence-corrected chi connectivity index (χ1v) is 9.82. The van der Waals surface area contributed by atoms with Crippen molar-refractivity contribution in [3.8, 4) is 0 Å². The first kappa shape index (κ1) is 19.4. The van der Waals surface area contributed by atoms with Crippen molar-refractivity contribution < 1.29 is 43.9 Å². The molecule has 9 nitrogen and oxygen atoms in total. The van der Waals surface area contributed by atoms with Gasteiger partial charge in [0.25, 0.3) is 0 Å². The number of fused-ring (bicyclic) bond motifs is 8. The molecule has 11 atom stereocenters. The molecule has 2 saturated carbocycles. The molecule has 0 amide bonds. The van der Waals surface area contributed by atoms with E-state index in [9.17, 15) is 24.9 Å². The molecule has 3 heterocycles. The van der Waals surface area contributed by atoms with Gasteiger partial charge in [-0.2, -0.15) is 0 Å². The second-order valence-corrected chi connectivity index (χ2v) is 9.46. The van der Waals surface area contributed by atoms with Crippen LogP contribution in [0.4, 0.5) is 0 Å². The van der Waals surface area contributed by atoms with Gasteiger partial charge in [0.05, 0.1) is 17.4 Å². The summed E-state index contributed by atoms with van der Waals surface area (Å²) in [4.78, 5) is 25.5. The number of rotatable bonds is 3. The van der Waals surface area contributed by atoms with Crippen molar-refractivity contribution in [2.24, 2.45) is 17.3 Å². The molecule has 0 aromatic carbocycles. The lowest BCUT2D eigenvalue weighted by atomic mass is 9.50. The molecule has 0 radical (unpaired) electrons. The van der Waals surface area contributed by atoms with Gasteiger partial charge in [0.1, 0.15) is 30.0 Å². The van der Waals surface area contributed by atoms with E-state index in [-0.39, 0.29) is 6.42 Å². The fourth-order valence-corrected chi connectivity index (χ4v) is 6.66. The van der Waals surface area contributed by atoms with Crippen LogP contribution in [-0.2, 0) is 28.5 Å².